The van der Waals surface area contributed by atoms with Crippen LogP contribution in [0.1, 0.15) is 5.56 Å². The Morgan fingerprint density at radius 3 is 2.73 bits per heavy atom. The number of sulfone groups is 1. The number of rotatable bonds is 4. The number of nitrogen functional groups attached to an aromatic ring is 1. The molecule has 0 atom stereocenters. The summed E-state index contributed by atoms with van der Waals surface area (Å²) >= 11 is 1.38. The van der Waals surface area contributed by atoms with Crippen molar-refractivity contribution in [3.8, 4) is 0 Å². The first-order valence-electron chi connectivity index (χ1n) is 4.28. The van der Waals surface area contributed by atoms with Crippen LogP contribution in [0.15, 0.2) is 11.4 Å². The van der Waals surface area contributed by atoms with E-state index < -0.39 is 9.84 Å². The molecule has 1 aromatic heterocycles. The second kappa shape index (κ2) is 4.80. The Morgan fingerprint density at radius 1 is 1.47 bits per heavy atom. The van der Waals surface area contributed by atoms with Gasteiger partial charge in [-0.1, -0.05) is 0 Å². The van der Waals surface area contributed by atoms with Gasteiger partial charge in [0.25, 0.3) is 0 Å². The summed E-state index contributed by atoms with van der Waals surface area (Å²) in [4.78, 5) is 7.87. The molecular formula is C8H13N3O2S2. The minimum absolute atomic E-state index is 0.140. The first-order valence-corrected chi connectivity index (χ1v) is 7.32. The molecule has 0 spiro atoms. The number of nitrogens with zero attached hydrogens (tertiary/aromatic N) is 2. The molecule has 0 saturated heterocycles. The third-order valence-corrected chi connectivity index (χ3v) is 4.07. The smallest absolute Gasteiger partial charge is 0.148 e. The van der Waals surface area contributed by atoms with E-state index in [1.165, 1.54) is 24.3 Å². The van der Waals surface area contributed by atoms with E-state index in [2.05, 4.69) is 9.97 Å². The fraction of sp³-hybridized carbons (Fsp3) is 0.500. The summed E-state index contributed by atoms with van der Waals surface area (Å²) in [7, 11) is -2.91. The maximum Gasteiger partial charge on any atom is 0.148 e. The van der Waals surface area contributed by atoms with E-state index in [0.29, 0.717) is 11.6 Å². The van der Waals surface area contributed by atoms with Gasteiger partial charge >= 0.3 is 0 Å². The van der Waals surface area contributed by atoms with Gasteiger partial charge < -0.3 is 5.73 Å². The van der Waals surface area contributed by atoms with Gasteiger partial charge in [-0.15, -0.1) is 11.8 Å². The molecule has 1 rings (SSSR count). The molecule has 0 radical (unpaired) electrons. The van der Waals surface area contributed by atoms with Gasteiger partial charge in [-0.3, -0.25) is 0 Å². The molecule has 0 bridgehead atoms. The van der Waals surface area contributed by atoms with Gasteiger partial charge in [0.2, 0.25) is 0 Å². The first-order chi connectivity index (χ1) is 6.90. The Bertz CT molecular complexity index is 445. The zero-order chi connectivity index (χ0) is 11.5. The highest BCUT2D eigenvalue weighted by molar-refractivity contribution is 8.00. The van der Waals surface area contributed by atoms with E-state index in [1.807, 2.05) is 6.92 Å². The Balaban J connectivity index is 2.62. The van der Waals surface area contributed by atoms with Gasteiger partial charge in [0.05, 0.1) is 5.75 Å². The molecular weight excluding hydrogens is 234 g/mol. The highest BCUT2D eigenvalue weighted by Gasteiger charge is 2.07. The Morgan fingerprint density at radius 2 is 2.13 bits per heavy atom. The predicted octanol–water partition coefficient (Wildman–Crippen LogP) is 0.504. The molecule has 0 aliphatic heterocycles. The largest absolute Gasteiger partial charge is 0.383 e. The van der Waals surface area contributed by atoms with E-state index in [0.717, 1.165) is 10.6 Å². The Hall–Kier alpha value is -0.820. The van der Waals surface area contributed by atoms with Crippen LogP contribution in [0.3, 0.4) is 0 Å². The second-order valence-corrected chi connectivity index (χ2v) is 6.51. The SMILES string of the molecule is Cc1c(N)ncnc1SCCS(C)(=O)=O. The third kappa shape index (κ3) is 4.05. The molecule has 0 amide bonds. The molecule has 0 unspecified atom stereocenters. The highest BCUT2D eigenvalue weighted by Crippen LogP contribution is 2.21. The van der Waals surface area contributed by atoms with Crippen molar-refractivity contribution in [1.82, 2.24) is 9.97 Å². The average Bonchev–Trinajstić information content (AvgIpc) is 2.10. The number of hydrogen-bond donors (Lipinski definition) is 1. The van der Waals surface area contributed by atoms with Gasteiger partial charge in [0, 0.05) is 17.6 Å². The van der Waals surface area contributed by atoms with Crippen LogP contribution in [0.5, 0.6) is 0 Å². The predicted molar refractivity (Wildman–Crippen MR) is 61.6 cm³/mol. The summed E-state index contributed by atoms with van der Waals surface area (Å²) in [6, 6.07) is 0. The Kier molecular flexibility index (Phi) is 3.92. The minimum atomic E-state index is -2.91. The average molecular weight is 247 g/mol. The van der Waals surface area contributed by atoms with E-state index >= 15 is 0 Å². The van der Waals surface area contributed by atoms with Crippen LogP contribution in [-0.4, -0.2) is 36.1 Å². The minimum Gasteiger partial charge on any atom is -0.383 e. The van der Waals surface area contributed by atoms with Crippen molar-refractivity contribution in [2.75, 3.05) is 23.5 Å². The maximum atomic E-state index is 10.9. The number of anilines is 1. The summed E-state index contributed by atoms with van der Waals surface area (Å²) in [6.45, 7) is 1.82. The van der Waals surface area contributed by atoms with Crippen molar-refractivity contribution in [2.45, 2.75) is 11.9 Å². The normalized spacial score (nSPS) is 11.6. The topological polar surface area (TPSA) is 85.9 Å². The molecule has 5 nitrogen and oxygen atoms in total. The number of nitrogens with two attached hydrogens (primary N) is 1. The molecule has 84 valence electrons. The fourth-order valence-electron chi connectivity index (χ4n) is 0.882. The van der Waals surface area contributed by atoms with Crippen molar-refractivity contribution < 1.29 is 8.42 Å². The molecule has 0 saturated carbocycles. The second-order valence-electron chi connectivity index (χ2n) is 3.17. The van der Waals surface area contributed by atoms with Crippen molar-refractivity contribution in [2.24, 2.45) is 0 Å². The molecule has 0 aliphatic rings. The summed E-state index contributed by atoms with van der Waals surface area (Å²) in [6.07, 6.45) is 2.60. The summed E-state index contributed by atoms with van der Waals surface area (Å²) in [5, 5.41) is 0.742. The van der Waals surface area contributed by atoms with Gasteiger partial charge in [0.15, 0.2) is 0 Å². The third-order valence-electron chi connectivity index (χ3n) is 1.77. The van der Waals surface area contributed by atoms with Gasteiger partial charge in [-0.25, -0.2) is 18.4 Å². The number of hydrogen-bond acceptors (Lipinski definition) is 6. The quantitative estimate of drug-likeness (QED) is 0.616. The summed E-state index contributed by atoms with van der Waals surface area (Å²) < 4.78 is 21.8. The lowest BCUT2D eigenvalue weighted by Gasteiger charge is -2.04. The van der Waals surface area contributed by atoms with Crippen LogP contribution in [0, 0.1) is 6.92 Å². The van der Waals surface area contributed by atoms with E-state index in [9.17, 15) is 8.42 Å². The van der Waals surface area contributed by atoms with E-state index in [-0.39, 0.29) is 5.75 Å². The molecule has 1 aromatic rings. The van der Waals surface area contributed by atoms with Crippen molar-refractivity contribution in [1.29, 1.82) is 0 Å². The lowest BCUT2D eigenvalue weighted by molar-refractivity contribution is 0.603. The standard InChI is InChI=1S/C8H13N3O2S2/c1-6-7(9)10-5-11-8(6)14-3-4-15(2,12)13/h5H,3-4H2,1-2H3,(H2,9,10,11). The van der Waals surface area contributed by atoms with E-state index in [1.54, 1.807) is 0 Å². The number of aromatic nitrogens is 2. The maximum absolute atomic E-state index is 10.9. The van der Waals surface area contributed by atoms with Crippen LogP contribution < -0.4 is 5.73 Å². The van der Waals surface area contributed by atoms with Crippen molar-refractivity contribution in [3.63, 3.8) is 0 Å². The molecule has 0 fully saturated rings. The molecule has 2 N–H and O–H groups in total. The molecule has 7 heteroatoms. The van der Waals surface area contributed by atoms with Gasteiger partial charge in [-0.2, -0.15) is 0 Å². The van der Waals surface area contributed by atoms with Crippen LogP contribution in [-0.2, 0) is 9.84 Å². The summed E-state index contributed by atoms with van der Waals surface area (Å²) in [5.41, 5.74) is 6.40. The lowest BCUT2D eigenvalue weighted by atomic mass is 10.4. The van der Waals surface area contributed by atoms with Crippen LogP contribution >= 0.6 is 11.8 Å². The Labute approximate surface area is 93.4 Å². The van der Waals surface area contributed by atoms with Gasteiger partial charge in [0.1, 0.15) is 27.0 Å². The summed E-state index contributed by atoms with van der Waals surface area (Å²) in [5.74, 6) is 1.06. The molecule has 0 aliphatic carbocycles. The van der Waals surface area contributed by atoms with Crippen LogP contribution in [0.25, 0.3) is 0 Å². The lowest BCUT2D eigenvalue weighted by Crippen LogP contribution is -2.06. The zero-order valence-electron chi connectivity index (χ0n) is 8.60. The first kappa shape index (κ1) is 12.3. The highest BCUT2D eigenvalue weighted by atomic mass is 32.2. The fourth-order valence-corrected chi connectivity index (χ4v) is 3.06. The van der Waals surface area contributed by atoms with Gasteiger partial charge in [-0.05, 0) is 6.92 Å². The van der Waals surface area contributed by atoms with Crippen molar-refractivity contribution in [3.05, 3.63) is 11.9 Å². The van der Waals surface area contributed by atoms with Crippen LogP contribution in [0.2, 0.25) is 0 Å². The molecule has 15 heavy (non-hydrogen) atoms. The van der Waals surface area contributed by atoms with Crippen LogP contribution in [0.4, 0.5) is 5.82 Å². The number of thioether (sulfide) groups is 1. The van der Waals surface area contributed by atoms with Crippen molar-refractivity contribution >= 4 is 27.4 Å². The molecule has 0 aromatic carbocycles. The monoisotopic (exact) mass is 247 g/mol. The zero-order valence-corrected chi connectivity index (χ0v) is 10.2. The van der Waals surface area contributed by atoms with E-state index in [4.69, 9.17) is 5.73 Å². The molecule has 1 heterocycles.